The first kappa shape index (κ1) is 14.6. The molecule has 0 saturated carbocycles. The number of anilines is 1. The van der Waals surface area contributed by atoms with Gasteiger partial charge in [-0.1, -0.05) is 0 Å². The maximum Gasteiger partial charge on any atom is 0.219 e. The van der Waals surface area contributed by atoms with E-state index in [0.29, 0.717) is 25.6 Å². The zero-order valence-electron chi connectivity index (χ0n) is 11.6. The minimum atomic E-state index is -0.977. The fraction of sp³-hybridized carbons (Fsp3) is 0.357. The summed E-state index contributed by atoms with van der Waals surface area (Å²) in [4.78, 5) is 21.4. The lowest BCUT2D eigenvalue weighted by Crippen LogP contribution is -2.47. The van der Waals surface area contributed by atoms with Crippen LogP contribution in [-0.2, 0) is 9.53 Å². The number of amides is 1. The lowest BCUT2D eigenvalue weighted by Gasteiger charge is -2.35. The molecule has 0 radical (unpaired) electrons. The van der Waals surface area contributed by atoms with E-state index in [1.807, 2.05) is 4.90 Å². The third kappa shape index (κ3) is 2.82. The van der Waals surface area contributed by atoms with E-state index in [2.05, 4.69) is 9.97 Å². The first-order valence-electron chi connectivity index (χ1n) is 6.79. The second-order valence-electron chi connectivity index (χ2n) is 5.08. The summed E-state index contributed by atoms with van der Waals surface area (Å²) in [5.41, 5.74) is 5.76. The number of primary amides is 1. The number of hydrogen-bond acceptors (Lipinski definition) is 5. The summed E-state index contributed by atoms with van der Waals surface area (Å²) < 4.78 is 31.9. The molecule has 1 unspecified atom stereocenters. The van der Waals surface area contributed by atoms with Crippen molar-refractivity contribution in [1.29, 1.82) is 0 Å². The van der Waals surface area contributed by atoms with Gasteiger partial charge in [0.15, 0.2) is 11.6 Å². The van der Waals surface area contributed by atoms with Crippen LogP contribution in [0.25, 0.3) is 11.0 Å². The molecule has 2 heterocycles. The zero-order chi connectivity index (χ0) is 15.7. The topological polar surface area (TPSA) is 81.3 Å². The monoisotopic (exact) mass is 308 g/mol. The lowest BCUT2D eigenvalue weighted by molar-refractivity contribution is -0.118. The van der Waals surface area contributed by atoms with Gasteiger partial charge in [-0.25, -0.2) is 13.8 Å². The van der Waals surface area contributed by atoms with Gasteiger partial charge in [0.1, 0.15) is 5.82 Å². The Balaban J connectivity index is 1.97. The number of hydrogen-bond donors (Lipinski definition) is 1. The molecule has 1 amide bonds. The van der Waals surface area contributed by atoms with Crippen molar-refractivity contribution < 1.29 is 18.3 Å². The molecular formula is C14H14F2N4O2. The highest BCUT2D eigenvalue weighted by atomic mass is 19.2. The number of ether oxygens (including phenoxy) is 1. The number of nitrogens with zero attached hydrogens (tertiary/aromatic N) is 3. The Hall–Kier alpha value is -2.35. The van der Waals surface area contributed by atoms with Crippen LogP contribution < -0.4 is 10.6 Å². The van der Waals surface area contributed by atoms with E-state index in [1.165, 1.54) is 6.20 Å². The van der Waals surface area contributed by atoms with Gasteiger partial charge in [-0.2, -0.15) is 0 Å². The minimum Gasteiger partial charge on any atom is -0.377 e. The number of halogens is 2. The Kier molecular flexibility index (Phi) is 3.84. The average Bonchev–Trinajstić information content (AvgIpc) is 2.48. The van der Waals surface area contributed by atoms with Crippen LogP contribution in [0.2, 0.25) is 0 Å². The molecular weight excluding hydrogens is 294 g/mol. The van der Waals surface area contributed by atoms with Gasteiger partial charge in [-0.15, -0.1) is 0 Å². The number of aromatic nitrogens is 2. The van der Waals surface area contributed by atoms with Crippen molar-refractivity contribution in [3.05, 3.63) is 30.0 Å². The number of fused-ring (bicyclic) bond motifs is 1. The molecule has 0 bridgehead atoms. The maximum atomic E-state index is 13.3. The fourth-order valence-electron chi connectivity index (χ4n) is 2.49. The summed E-state index contributed by atoms with van der Waals surface area (Å²) >= 11 is 0. The fourth-order valence-corrected chi connectivity index (χ4v) is 2.49. The van der Waals surface area contributed by atoms with Gasteiger partial charge in [0.2, 0.25) is 5.91 Å². The van der Waals surface area contributed by atoms with Gasteiger partial charge in [0.05, 0.1) is 36.5 Å². The quantitative estimate of drug-likeness (QED) is 0.914. The SMILES string of the molecule is NC(=O)CC1COCCN1c1cnc2cc(F)c(F)cc2n1. The molecule has 3 rings (SSSR count). The molecule has 8 heteroatoms. The van der Waals surface area contributed by atoms with Gasteiger partial charge < -0.3 is 15.4 Å². The molecule has 6 nitrogen and oxygen atoms in total. The average molecular weight is 308 g/mol. The van der Waals surface area contributed by atoms with Gasteiger partial charge in [-0.3, -0.25) is 9.78 Å². The van der Waals surface area contributed by atoms with Gasteiger partial charge in [-0.05, 0) is 0 Å². The summed E-state index contributed by atoms with van der Waals surface area (Å²) in [6, 6.07) is 1.76. The largest absolute Gasteiger partial charge is 0.377 e. The van der Waals surface area contributed by atoms with Crippen LogP contribution >= 0.6 is 0 Å². The Morgan fingerprint density at radius 1 is 1.36 bits per heavy atom. The molecule has 0 aliphatic carbocycles. The third-order valence-corrected chi connectivity index (χ3v) is 3.53. The lowest BCUT2D eigenvalue weighted by atomic mass is 10.1. The first-order chi connectivity index (χ1) is 10.5. The molecule has 2 aromatic rings. The van der Waals surface area contributed by atoms with Crippen molar-refractivity contribution in [2.45, 2.75) is 12.5 Å². The molecule has 1 aromatic heterocycles. The first-order valence-corrected chi connectivity index (χ1v) is 6.79. The van der Waals surface area contributed by atoms with E-state index in [1.54, 1.807) is 0 Å². The third-order valence-electron chi connectivity index (χ3n) is 3.53. The van der Waals surface area contributed by atoms with Crippen LogP contribution in [0, 0.1) is 11.6 Å². The highest BCUT2D eigenvalue weighted by Crippen LogP contribution is 2.22. The number of morpholine rings is 1. The van der Waals surface area contributed by atoms with Crippen LogP contribution in [0.1, 0.15) is 6.42 Å². The molecule has 1 atom stereocenters. The van der Waals surface area contributed by atoms with Crippen LogP contribution in [0.3, 0.4) is 0 Å². The molecule has 1 aliphatic rings. The zero-order valence-corrected chi connectivity index (χ0v) is 11.6. The van der Waals surface area contributed by atoms with Crippen molar-refractivity contribution in [1.82, 2.24) is 9.97 Å². The second kappa shape index (κ2) is 5.80. The van der Waals surface area contributed by atoms with Crippen LogP contribution in [0.4, 0.5) is 14.6 Å². The van der Waals surface area contributed by atoms with Crippen LogP contribution in [-0.4, -0.2) is 41.7 Å². The standard InChI is InChI=1S/C14H14F2N4O2/c15-9-4-11-12(5-10(9)16)19-14(6-18-11)20-1-2-22-7-8(20)3-13(17)21/h4-6,8H,1-3,7H2,(H2,17,21). The Labute approximate surface area is 124 Å². The molecule has 116 valence electrons. The summed E-state index contributed by atoms with van der Waals surface area (Å²) in [6.07, 6.45) is 1.59. The number of carbonyl (C=O) groups excluding carboxylic acids is 1. The van der Waals surface area contributed by atoms with E-state index in [4.69, 9.17) is 10.5 Å². The van der Waals surface area contributed by atoms with Crippen LogP contribution in [0.15, 0.2) is 18.3 Å². The number of benzene rings is 1. The molecule has 1 saturated heterocycles. The Morgan fingerprint density at radius 3 is 2.82 bits per heavy atom. The normalized spacial score (nSPS) is 18.6. The molecule has 2 N–H and O–H groups in total. The van der Waals surface area contributed by atoms with E-state index >= 15 is 0 Å². The molecule has 1 aliphatic heterocycles. The van der Waals surface area contributed by atoms with Crippen molar-refractivity contribution in [3.63, 3.8) is 0 Å². The van der Waals surface area contributed by atoms with Crippen molar-refractivity contribution in [2.75, 3.05) is 24.7 Å². The van der Waals surface area contributed by atoms with Gasteiger partial charge in [0.25, 0.3) is 0 Å². The number of rotatable bonds is 3. The van der Waals surface area contributed by atoms with E-state index < -0.39 is 17.5 Å². The molecule has 0 spiro atoms. The number of carbonyl (C=O) groups is 1. The second-order valence-corrected chi connectivity index (χ2v) is 5.08. The predicted octanol–water partition coefficient (Wildman–Crippen LogP) is 0.989. The summed E-state index contributed by atoms with van der Waals surface area (Å²) in [5, 5.41) is 0. The van der Waals surface area contributed by atoms with Crippen molar-refractivity contribution >= 4 is 22.8 Å². The smallest absolute Gasteiger partial charge is 0.219 e. The molecule has 1 fully saturated rings. The Morgan fingerprint density at radius 2 is 2.09 bits per heavy atom. The number of nitrogens with two attached hydrogens (primary N) is 1. The highest BCUT2D eigenvalue weighted by molar-refractivity contribution is 5.77. The molecule has 1 aromatic carbocycles. The highest BCUT2D eigenvalue weighted by Gasteiger charge is 2.26. The van der Waals surface area contributed by atoms with Crippen molar-refractivity contribution in [3.8, 4) is 0 Å². The summed E-state index contributed by atoms with van der Waals surface area (Å²) in [6.45, 7) is 1.34. The van der Waals surface area contributed by atoms with E-state index in [-0.39, 0.29) is 23.5 Å². The van der Waals surface area contributed by atoms with Gasteiger partial charge >= 0.3 is 0 Å². The Bertz CT molecular complexity index is 725. The minimum absolute atomic E-state index is 0.123. The van der Waals surface area contributed by atoms with E-state index in [9.17, 15) is 13.6 Å². The van der Waals surface area contributed by atoms with Gasteiger partial charge in [0, 0.05) is 25.1 Å². The molecule has 22 heavy (non-hydrogen) atoms. The van der Waals surface area contributed by atoms with E-state index in [0.717, 1.165) is 12.1 Å². The van der Waals surface area contributed by atoms with Crippen LogP contribution in [0.5, 0.6) is 0 Å². The summed E-state index contributed by atoms with van der Waals surface area (Å²) in [7, 11) is 0. The summed E-state index contributed by atoms with van der Waals surface area (Å²) in [5.74, 6) is -1.91. The maximum absolute atomic E-state index is 13.3. The van der Waals surface area contributed by atoms with Crippen molar-refractivity contribution in [2.24, 2.45) is 5.73 Å². The predicted molar refractivity (Wildman–Crippen MR) is 75.2 cm³/mol.